The Morgan fingerprint density at radius 2 is 1.60 bits per heavy atom. The van der Waals surface area contributed by atoms with Crippen LogP contribution in [0.3, 0.4) is 0 Å². The molecule has 1 saturated carbocycles. The molecular formula is C24H27N3OS2. The second-order valence-corrected chi connectivity index (χ2v) is 10.3. The Morgan fingerprint density at radius 1 is 0.967 bits per heavy atom. The van der Waals surface area contributed by atoms with Crippen molar-refractivity contribution in [3.8, 4) is 0 Å². The van der Waals surface area contributed by atoms with Crippen LogP contribution >= 0.6 is 23.1 Å². The van der Waals surface area contributed by atoms with Crippen molar-refractivity contribution in [1.29, 1.82) is 0 Å². The fraction of sp³-hybridized carbons (Fsp3) is 0.375. The van der Waals surface area contributed by atoms with Crippen LogP contribution in [0.4, 0.5) is 5.13 Å². The van der Waals surface area contributed by atoms with Gasteiger partial charge in [-0.05, 0) is 32.3 Å². The molecule has 4 rings (SSSR count). The molecule has 2 aromatic carbocycles. The van der Waals surface area contributed by atoms with Gasteiger partial charge in [0.15, 0.2) is 10.1 Å². The molecule has 1 aliphatic rings. The van der Waals surface area contributed by atoms with Crippen molar-refractivity contribution in [2.24, 2.45) is 0 Å². The summed E-state index contributed by atoms with van der Waals surface area (Å²) >= 11 is 3.04. The van der Waals surface area contributed by atoms with Crippen molar-refractivity contribution in [3.63, 3.8) is 0 Å². The topological polar surface area (TPSA) is 54.9 Å². The van der Waals surface area contributed by atoms with Gasteiger partial charge in [0.1, 0.15) is 0 Å². The van der Waals surface area contributed by atoms with E-state index in [2.05, 4.69) is 34.6 Å². The number of anilines is 1. The van der Waals surface area contributed by atoms with Gasteiger partial charge in [-0.25, -0.2) is 0 Å². The minimum absolute atomic E-state index is 0.0980. The monoisotopic (exact) mass is 437 g/mol. The third-order valence-electron chi connectivity index (χ3n) is 5.51. The molecule has 0 spiro atoms. The maximum Gasteiger partial charge on any atom is 0.206 e. The number of aryl methyl sites for hydroxylation is 2. The van der Waals surface area contributed by atoms with Gasteiger partial charge < -0.3 is 5.32 Å². The summed E-state index contributed by atoms with van der Waals surface area (Å²) < 4.78 is 0.819. The smallest absolute Gasteiger partial charge is 0.206 e. The molecule has 0 saturated heterocycles. The van der Waals surface area contributed by atoms with Crippen LogP contribution in [0.2, 0.25) is 0 Å². The first-order chi connectivity index (χ1) is 14.6. The van der Waals surface area contributed by atoms with E-state index in [1.807, 2.05) is 43.3 Å². The van der Waals surface area contributed by atoms with E-state index in [9.17, 15) is 4.79 Å². The molecule has 1 fully saturated rings. The molecule has 0 amide bonds. The number of Topliss-reactive ketones (excluding diaryl/α,β-unsaturated/α-hetero) is 1. The summed E-state index contributed by atoms with van der Waals surface area (Å²) in [5.41, 5.74) is 4.05. The molecule has 1 atom stereocenters. The van der Waals surface area contributed by atoms with E-state index in [0.29, 0.717) is 6.04 Å². The number of hydrogen-bond donors (Lipinski definition) is 1. The lowest BCUT2D eigenvalue weighted by molar-refractivity contribution is 0.0989. The number of carbonyl (C=O) groups is 1. The molecule has 1 heterocycles. The Balaban J connectivity index is 1.54. The zero-order valence-electron chi connectivity index (χ0n) is 17.4. The highest BCUT2D eigenvalue weighted by atomic mass is 32.2. The summed E-state index contributed by atoms with van der Waals surface area (Å²) in [6.07, 6.45) is 6.27. The molecule has 1 N–H and O–H groups in total. The first kappa shape index (κ1) is 21.1. The van der Waals surface area contributed by atoms with Gasteiger partial charge in [-0.1, -0.05) is 102 Å². The molecular weight excluding hydrogens is 410 g/mol. The van der Waals surface area contributed by atoms with Gasteiger partial charge in [-0.2, -0.15) is 0 Å². The molecule has 156 valence electrons. The van der Waals surface area contributed by atoms with Crippen LogP contribution in [-0.2, 0) is 0 Å². The third-order valence-corrected chi connectivity index (χ3v) is 7.71. The lowest BCUT2D eigenvalue weighted by atomic mass is 9.96. The zero-order valence-corrected chi connectivity index (χ0v) is 19.1. The molecule has 0 radical (unpaired) electrons. The quantitative estimate of drug-likeness (QED) is 0.333. The molecule has 1 unspecified atom stereocenters. The highest BCUT2D eigenvalue weighted by Crippen LogP contribution is 2.40. The van der Waals surface area contributed by atoms with E-state index in [0.717, 1.165) is 26.2 Å². The van der Waals surface area contributed by atoms with Crippen LogP contribution < -0.4 is 5.32 Å². The number of thioether (sulfide) groups is 1. The normalized spacial score (nSPS) is 15.7. The number of nitrogens with zero attached hydrogens (tertiary/aromatic N) is 2. The number of aromatic nitrogens is 2. The highest BCUT2D eigenvalue weighted by molar-refractivity contribution is 8.02. The minimum atomic E-state index is -0.344. The predicted molar refractivity (Wildman–Crippen MR) is 126 cm³/mol. The lowest BCUT2D eigenvalue weighted by Crippen LogP contribution is -2.21. The second kappa shape index (κ2) is 9.75. The summed E-state index contributed by atoms with van der Waals surface area (Å²) in [5, 5.41) is 12.8. The van der Waals surface area contributed by atoms with Crippen molar-refractivity contribution in [2.75, 3.05) is 5.32 Å². The van der Waals surface area contributed by atoms with Crippen molar-refractivity contribution in [1.82, 2.24) is 10.2 Å². The van der Waals surface area contributed by atoms with Gasteiger partial charge >= 0.3 is 0 Å². The number of hydrogen-bond acceptors (Lipinski definition) is 6. The Hall–Kier alpha value is -2.18. The maximum absolute atomic E-state index is 13.4. The first-order valence-electron chi connectivity index (χ1n) is 10.5. The van der Waals surface area contributed by atoms with Crippen LogP contribution in [-0.4, -0.2) is 22.0 Å². The van der Waals surface area contributed by atoms with Crippen LogP contribution in [0.25, 0.3) is 0 Å². The summed E-state index contributed by atoms with van der Waals surface area (Å²) in [6.45, 7) is 4.09. The number of ketones is 1. The average molecular weight is 438 g/mol. The van der Waals surface area contributed by atoms with E-state index in [1.165, 1.54) is 49.4 Å². The number of rotatable bonds is 7. The molecule has 0 bridgehead atoms. The van der Waals surface area contributed by atoms with Gasteiger partial charge in [0.25, 0.3) is 0 Å². The Kier molecular flexibility index (Phi) is 6.85. The molecule has 30 heavy (non-hydrogen) atoms. The molecule has 6 heteroatoms. The molecule has 4 nitrogen and oxygen atoms in total. The highest BCUT2D eigenvalue weighted by Gasteiger charge is 2.25. The molecule has 0 aliphatic heterocycles. The number of carbonyl (C=O) groups excluding carboxylic acids is 1. The van der Waals surface area contributed by atoms with Crippen LogP contribution in [0.15, 0.2) is 52.9 Å². The minimum Gasteiger partial charge on any atom is -0.357 e. The first-order valence-corrected chi connectivity index (χ1v) is 12.2. The summed E-state index contributed by atoms with van der Waals surface area (Å²) in [7, 11) is 0. The average Bonchev–Trinajstić information content (AvgIpc) is 3.20. The van der Waals surface area contributed by atoms with Gasteiger partial charge in [0.2, 0.25) is 5.13 Å². The van der Waals surface area contributed by atoms with Crippen molar-refractivity contribution in [2.45, 2.75) is 61.6 Å². The summed E-state index contributed by atoms with van der Waals surface area (Å²) in [5.74, 6) is 0.0980. The maximum atomic E-state index is 13.4. The van der Waals surface area contributed by atoms with Gasteiger partial charge in [0.05, 0.1) is 5.25 Å². The lowest BCUT2D eigenvalue weighted by Gasteiger charge is -2.21. The van der Waals surface area contributed by atoms with Gasteiger partial charge in [0, 0.05) is 11.6 Å². The largest absolute Gasteiger partial charge is 0.357 e. The molecule has 3 aromatic rings. The zero-order chi connectivity index (χ0) is 20.9. The Bertz CT molecular complexity index is 976. The summed E-state index contributed by atoms with van der Waals surface area (Å²) in [6, 6.07) is 16.5. The van der Waals surface area contributed by atoms with Crippen LogP contribution in [0.5, 0.6) is 0 Å². The van der Waals surface area contributed by atoms with Crippen molar-refractivity contribution >= 4 is 34.0 Å². The molecule has 1 aromatic heterocycles. The van der Waals surface area contributed by atoms with E-state index in [4.69, 9.17) is 0 Å². The number of nitrogens with one attached hydrogen (secondary N) is 1. The second-order valence-electron chi connectivity index (χ2n) is 7.99. The number of benzene rings is 2. The van der Waals surface area contributed by atoms with Crippen molar-refractivity contribution in [3.05, 3.63) is 70.8 Å². The predicted octanol–water partition coefficient (Wildman–Crippen LogP) is 6.62. The van der Waals surface area contributed by atoms with E-state index in [1.54, 1.807) is 11.3 Å². The third kappa shape index (κ3) is 5.29. The van der Waals surface area contributed by atoms with E-state index >= 15 is 0 Å². The summed E-state index contributed by atoms with van der Waals surface area (Å²) in [4.78, 5) is 13.4. The van der Waals surface area contributed by atoms with Gasteiger partial charge in [-0.15, -0.1) is 10.2 Å². The Morgan fingerprint density at radius 3 is 2.27 bits per heavy atom. The van der Waals surface area contributed by atoms with E-state index in [-0.39, 0.29) is 11.0 Å². The van der Waals surface area contributed by atoms with Gasteiger partial charge in [-0.3, -0.25) is 4.79 Å². The SMILES string of the molecule is Cc1ccc(C(=O)C(Sc2nnc(NC3CCCCC3)s2)c2ccc(C)cc2)cc1. The standard InChI is InChI=1S/C24H27N3OS2/c1-16-8-12-18(13-9-16)21(28)22(19-14-10-17(2)11-15-19)29-24-27-26-23(30-24)25-20-6-4-3-5-7-20/h8-15,20,22H,3-7H2,1-2H3,(H,25,26). The van der Waals surface area contributed by atoms with Crippen molar-refractivity contribution < 1.29 is 4.79 Å². The van der Waals surface area contributed by atoms with Crippen LogP contribution in [0, 0.1) is 13.8 Å². The van der Waals surface area contributed by atoms with E-state index < -0.39 is 0 Å². The Labute approximate surface area is 186 Å². The fourth-order valence-electron chi connectivity index (χ4n) is 3.72. The molecule has 1 aliphatic carbocycles. The fourth-order valence-corrected chi connectivity index (χ4v) is 5.82. The van der Waals surface area contributed by atoms with Crippen LogP contribution in [0.1, 0.15) is 64.4 Å².